The van der Waals surface area contributed by atoms with Crippen molar-refractivity contribution < 1.29 is 26.7 Å². The number of thiophene rings is 1. The molecule has 3 aromatic heterocycles. The number of halogens is 3. The molecule has 6 nitrogen and oxygen atoms in total. The Bertz CT molecular complexity index is 1580. The average Bonchev–Trinajstić information content (AvgIpc) is 3.62. The van der Waals surface area contributed by atoms with E-state index < -0.39 is 33.1 Å². The summed E-state index contributed by atoms with van der Waals surface area (Å²) in [5.41, 5.74) is -1.10. The molecular formula is C26H24F3N3O3S2. The molecule has 37 heavy (non-hydrogen) atoms. The van der Waals surface area contributed by atoms with Gasteiger partial charge < -0.3 is 5.11 Å². The van der Waals surface area contributed by atoms with E-state index >= 15 is 0 Å². The molecule has 2 atom stereocenters. The van der Waals surface area contributed by atoms with Gasteiger partial charge in [-0.25, -0.2) is 13.1 Å². The number of sulfonamides is 1. The van der Waals surface area contributed by atoms with Crippen molar-refractivity contribution in [2.75, 3.05) is 0 Å². The Morgan fingerprint density at radius 2 is 1.84 bits per heavy atom. The second-order valence-corrected chi connectivity index (χ2v) is 12.4. The zero-order valence-electron chi connectivity index (χ0n) is 20.0. The minimum Gasteiger partial charge on any atom is -0.376 e. The number of aromatic nitrogens is 2. The van der Waals surface area contributed by atoms with Gasteiger partial charge in [-0.2, -0.15) is 13.2 Å². The average molecular weight is 548 g/mol. The summed E-state index contributed by atoms with van der Waals surface area (Å²) in [6, 6.07) is 12.5. The third-order valence-corrected chi connectivity index (χ3v) is 9.73. The van der Waals surface area contributed by atoms with Crippen LogP contribution in [0.5, 0.6) is 0 Å². The lowest BCUT2D eigenvalue weighted by molar-refractivity contribution is -0.258. The molecule has 2 N–H and O–H groups in total. The molecule has 4 aromatic rings. The zero-order chi connectivity index (χ0) is 26.6. The van der Waals surface area contributed by atoms with Gasteiger partial charge in [0.15, 0.2) is 5.60 Å². The van der Waals surface area contributed by atoms with E-state index in [1.165, 1.54) is 23.6 Å². The largest absolute Gasteiger partial charge is 0.421 e. The maximum absolute atomic E-state index is 13.5. The molecular weight excluding hydrogens is 523 g/mol. The summed E-state index contributed by atoms with van der Waals surface area (Å²) in [6.07, 6.45) is -0.781. The lowest BCUT2D eigenvalue weighted by atomic mass is 9.94. The highest BCUT2D eigenvalue weighted by Gasteiger charge is 2.51. The molecule has 1 aromatic carbocycles. The Morgan fingerprint density at radius 1 is 1.08 bits per heavy atom. The standard InChI is InChI=1S/C26H24F3N3O3S2/c1-15-5-4-11-31-22(15)23(32-37(34,35)18-8-9-18)21-13-16-6-3-7-19(24(16)36-21)20-14-17(10-12-30-20)25(2,33)26(27,28)29/h3-7,10-14,18,23,32-33H,8-9H2,1-2H3/t23?,25-/m1/s1. The molecule has 11 heteroatoms. The van der Waals surface area contributed by atoms with E-state index in [1.54, 1.807) is 24.4 Å². The van der Waals surface area contributed by atoms with Gasteiger partial charge in [0.25, 0.3) is 0 Å². The predicted molar refractivity (Wildman–Crippen MR) is 137 cm³/mol. The van der Waals surface area contributed by atoms with Gasteiger partial charge in [-0.15, -0.1) is 11.3 Å². The minimum atomic E-state index is -4.86. The van der Waals surface area contributed by atoms with Crippen molar-refractivity contribution in [1.29, 1.82) is 0 Å². The number of aryl methyl sites for hydroxylation is 1. The fourth-order valence-electron chi connectivity index (χ4n) is 4.16. The molecule has 1 fully saturated rings. The molecule has 0 saturated heterocycles. The van der Waals surface area contributed by atoms with Gasteiger partial charge in [0, 0.05) is 27.5 Å². The van der Waals surface area contributed by atoms with Crippen molar-refractivity contribution >= 4 is 31.4 Å². The van der Waals surface area contributed by atoms with Gasteiger partial charge in [-0.05, 0) is 67.5 Å². The van der Waals surface area contributed by atoms with Gasteiger partial charge in [-0.1, -0.05) is 24.3 Å². The van der Waals surface area contributed by atoms with Crippen LogP contribution in [0.4, 0.5) is 13.2 Å². The summed E-state index contributed by atoms with van der Waals surface area (Å²) in [5.74, 6) is 0. The van der Waals surface area contributed by atoms with E-state index in [1.807, 2.05) is 25.1 Å². The second kappa shape index (κ2) is 9.16. The van der Waals surface area contributed by atoms with Crippen LogP contribution in [0.15, 0.2) is 60.9 Å². The maximum Gasteiger partial charge on any atom is 0.421 e. The first-order chi connectivity index (χ1) is 17.4. The molecule has 0 aliphatic heterocycles. The van der Waals surface area contributed by atoms with E-state index in [4.69, 9.17) is 0 Å². The SMILES string of the molecule is Cc1cccnc1C(NS(=O)(=O)C1CC1)c1cc2cccc(-c3cc([C@@](C)(O)C(F)(F)F)ccn3)c2s1. The molecule has 194 valence electrons. The Balaban J connectivity index is 1.62. The number of benzene rings is 1. The lowest BCUT2D eigenvalue weighted by Crippen LogP contribution is -2.39. The smallest absolute Gasteiger partial charge is 0.376 e. The molecule has 1 aliphatic rings. The normalized spacial score (nSPS) is 17.0. The summed E-state index contributed by atoms with van der Waals surface area (Å²) in [5, 5.41) is 10.5. The highest BCUT2D eigenvalue weighted by Crippen LogP contribution is 2.42. The van der Waals surface area contributed by atoms with Crippen LogP contribution in [0.3, 0.4) is 0 Å². The number of nitrogens with one attached hydrogen (secondary N) is 1. The van der Waals surface area contributed by atoms with E-state index in [9.17, 15) is 26.7 Å². The zero-order valence-corrected chi connectivity index (χ0v) is 21.6. The Kier molecular flexibility index (Phi) is 6.38. The number of fused-ring (bicyclic) bond motifs is 1. The number of nitrogens with zero attached hydrogens (tertiary/aromatic N) is 2. The third kappa shape index (κ3) is 4.88. The fraction of sp³-hybridized carbons (Fsp3) is 0.308. The van der Waals surface area contributed by atoms with Crippen molar-refractivity contribution in [2.45, 2.75) is 49.8 Å². The summed E-state index contributed by atoms with van der Waals surface area (Å²) >= 11 is 1.33. The Morgan fingerprint density at radius 3 is 2.51 bits per heavy atom. The number of rotatable bonds is 7. The van der Waals surface area contributed by atoms with Crippen molar-refractivity contribution in [2.24, 2.45) is 0 Å². The highest BCUT2D eigenvalue weighted by atomic mass is 32.2. The Labute approximate surface area is 216 Å². The van der Waals surface area contributed by atoms with Crippen LogP contribution < -0.4 is 4.72 Å². The van der Waals surface area contributed by atoms with Gasteiger partial charge in [-0.3, -0.25) is 9.97 Å². The summed E-state index contributed by atoms with van der Waals surface area (Å²) in [6.45, 7) is 2.57. The van der Waals surface area contributed by atoms with E-state index in [-0.39, 0.29) is 11.3 Å². The maximum atomic E-state index is 13.5. The quantitative estimate of drug-likeness (QED) is 0.314. The number of aliphatic hydroxyl groups is 1. The predicted octanol–water partition coefficient (Wildman–Crippen LogP) is 5.61. The summed E-state index contributed by atoms with van der Waals surface area (Å²) < 4.78 is 69.8. The molecule has 3 heterocycles. The molecule has 1 saturated carbocycles. The van der Waals surface area contributed by atoms with Gasteiger partial charge in [0.05, 0.1) is 22.7 Å². The summed E-state index contributed by atoms with van der Waals surface area (Å²) in [4.78, 5) is 9.44. The first-order valence-corrected chi connectivity index (χ1v) is 14.0. The van der Waals surface area contributed by atoms with Crippen LogP contribution in [0.2, 0.25) is 0 Å². The van der Waals surface area contributed by atoms with Crippen molar-refractivity contribution in [3.8, 4) is 11.3 Å². The van der Waals surface area contributed by atoms with E-state index in [0.717, 1.165) is 21.7 Å². The van der Waals surface area contributed by atoms with Crippen LogP contribution in [-0.2, 0) is 15.6 Å². The van der Waals surface area contributed by atoms with E-state index in [0.29, 0.717) is 35.9 Å². The number of hydrogen-bond acceptors (Lipinski definition) is 6. The number of hydrogen-bond donors (Lipinski definition) is 2. The molecule has 5 rings (SSSR count). The highest BCUT2D eigenvalue weighted by molar-refractivity contribution is 7.90. The van der Waals surface area contributed by atoms with Crippen LogP contribution in [0.25, 0.3) is 21.3 Å². The molecule has 1 unspecified atom stereocenters. The second-order valence-electron chi connectivity index (χ2n) is 9.37. The number of alkyl halides is 3. The molecule has 0 radical (unpaired) electrons. The van der Waals surface area contributed by atoms with Crippen molar-refractivity contribution in [3.05, 3.63) is 82.6 Å². The van der Waals surface area contributed by atoms with Crippen LogP contribution in [0, 0.1) is 6.92 Å². The monoisotopic (exact) mass is 547 g/mol. The van der Waals surface area contributed by atoms with Crippen LogP contribution in [-0.4, -0.2) is 34.9 Å². The molecule has 0 bridgehead atoms. The molecule has 0 spiro atoms. The van der Waals surface area contributed by atoms with Crippen molar-refractivity contribution in [3.63, 3.8) is 0 Å². The van der Waals surface area contributed by atoms with Gasteiger partial charge in [0.1, 0.15) is 0 Å². The first kappa shape index (κ1) is 25.8. The minimum absolute atomic E-state index is 0.269. The molecule has 0 amide bonds. The fourth-order valence-corrected chi connectivity index (χ4v) is 6.99. The first-order valence-electron chi connectivity index (χ1n) is 11.6. The van der Waals surface area contributed by atoms with E-state index in [2.05, 4.69) is 14.7 Å². The van der Waals surface area contributed by atoms with Gasteiger partial charge in [0.2, 0.25) is 10.0 Å². The lowest BCUT2D eigenvalue weighted by Gasteiger charge is -2.26. The summed E-state index contributed by atoms with van der Waals surface area (Å²) in [7, 11) is -3.57. The third-order valence-electron chi connectivity index (χ3n) is 6.57. The van der Waals surface area contributed by atoms with Gasteiger partial charge >= 0.3 is 6.18 Å². The van der Waals surface area contributed by atoms with Crippen molar-refractivity contribution in [1.82, 2.24) is 14.7 Å². The molecule has 1 aliphatic carbocycles. The number of pyridine rings is 2. The van der Waals surface area contributed by atoms with Crippen LogP contribution >= 0.6 is 11.3 Å². The topological polar surface area (TPSA) is 92.2 Å². The Hall–Kier alpha value is -2.86. The van der Waals surface area contributed by atoms with Crippen LogP contribution in [0.1, 0.15) is 47.5 Å².